The molecule has 23 heavy (non-hydrogen) atoms. The van der Waals surface area contributed by atoms with Gasteiger partial charge >= 0.3 is 0 Å². The first-order valence-corrected chi connectivity index (χ1v) is 9.58. The molecule has 6 heteroatoms. The Kier molecular flexibility index (Phi) is 4.50. The molecule has 2 unspecified atom stereocenters. The van der Waals surface area contributed by atoms with E-state index >= 15 is 0 Å². The fraction of sp³-hybridized carbons (Fsp3) is 0.471. The van der Waals surface area contributed by atoms with Crippen molar-refractivity contribution in [3.8, 4) is 5.75 Å². The number of piperidine rings is 1. The van der Waals surface area contributed by atoms with Crippen LogP contribution in [0.4, 0.5) is 0 Å². The van der Waals surface area contributed by atoms with Crippen LogP contribution in [0.25, 0.3) is 0 Å². The van der Waals surface area contributed by atoms with Gasteiger partial charge in [0.1, 0.15) is 16.9 Å². The van der Waals surface area contributed by atoms with E-state index in [1.807, 2.05) is 18.3 Å². The summed E-state index contributed by atoms with van der Waals surface area (Å²) in [5, 5.41) is 4.38. The van der Waals surface area contributed by atoms with Gasteiger partial charge in [-0.2, -0.15) is 0 Å². The van der Waals surface area contributed by atoms with Crippen LogP contribution in [0.15, 0.2) is 29.8 Å². The van der Waals surface area contributed by atoms with E-state index < -0.39 is 0 Å². The molecule has 122 valence electrons. The monoisotopic (exact) mass is 368 g/mol. The van der Waals surface area contributed by atoms with Gasteiger partial charge in [-0.25, -0.2) is 4.98 Å². The van der Waals surface area contributed by atoms with E-state index in [-0.39, 0.29) is 6.10 Å². The Morgan fingerprint density at radius 1 is 1.17 bits per heavy atom. The molecule has 2 fully saturated rings. The van der Waals surface area contributed by atoms with E-state index in [9.17, 15) is 0 Å². The van der Waals surface area contributed by atoms with Crippen LogP contribution >= 0.6 is 34.5 Å². The smallest absolute Gasteiger partial charge is 0.121 e. The average molecular weight is 369 g/mol. The zero-order valence-corrected chi connectivity index (χ0v) is 14.9. The molecule has 3 nitrogen and oxygen atoms in total. The number of rotatable bonds is 4. The molecule has 1 aromatic heterocycles. The lowest BCUT2D eigenvalue weighted by Gasteiger charge is -2.38. The highest BCUT2D eigenvalue weighted by Crippen LogP contribution is 2.39. The van der Waals surface area contributed by atoms with Crippen LogP contribution < -0.4 is 4.74 Å². The first-order valence-electron chi connectivity index (χ1n) is 7.95. The molecule has 2 saturated heterocycles. The van der Waals surface area contributed by atoms with Crippen molar-refractivity contribution in [1.82, 2.24) is 9.88 Å². The fourth-order valence-electron chi connectivity index (χ4n) is 3.81. The summed E-state index contributed by atoms with van der Waals surface area (Å²) in [7, 11) is 0. The largest absolute Gasteiger partial charge is 0.490 e. The molecule has 0 saturated carbocycles. The number of hydrogen-bond donors (Lipinski definition) is 0. The summed E-state index contributed by atoms with van der Waals surface area (Å²) in [6, 6.07) is 6.72. The number of thiazole rings is 1. The van der Waals surface area contributed by atoms with Crippen LogP contribution in [0.1, 0.15) is 30.7 Å². The molecule has 0 aliphatic carbocycles. The van der Waals surface area contributed by atoms with Gasteiger partial charge in [0.25, 0.3) is 0 Å². The highest BCUT2D eigenvalue weighted by atomic mass is 35.5. The van der Waals surface area contributed by atoms with Gasteiger partial charge in [-0.05, 0) is 37.8 Å². The summed E-state index contributed by atoms with van der Waals surface area (Å²) in [4.78, 5) is 7.05. The molecule has 3 heterocycles. The molecule has 0 amide bonds. The quantitative estimate of drug-likeness (QED) is 0.756. The molecule has 0 radical (unpaired) electrons. The van der Waals surface area contributed by atoms with Gasteiger partial charge in [0.2, 0.25) is 0 Å². The molecule has 2 atom stereocenters. The van der Waals surface area contributed by atoms with Crippen molar-refractivity contribution in [2.75, 3.05) is 0 Å². The lowest BCUT2D eigenvalue weighted by molar-refractivity contribution is 0.0445. The first kappa shape index (κ1) is 15.7. The second-order valence-electron chi connectivity index (χ2n) is 6.27. The predicted octanol–water partition coefficient (Wildman–Crippen LogP) is 5.02. The highest BCUT2D eigenvalue weighted by Gasteiger charge is 2.41. The maximum Gasteiger partial charge on any atom is 0.121 e. The van der Waals surface area contributed by atoms with Crippen molar-refractivity contribution < 1.29 is 4.74 Å². The molecular formula is C17H18Cl2N2OS. The SMILES string of the molecule is Clc1ccc(OC2CC3CCC(C2)N3Cc2nccs2)cc1Cl. The Bertz CT molecular complexity index is 665. The number of aromatic nitrogens is 1. The topological polar surface area (TPSA) is 25.4 Å². The minimum Gasteiger partial charge on any atom is -0.490 e. The molecule has 1 aromatic carbocycles. The molecular weight excluding hydrogens is 351 g/mol. The van der Waals surface area contributed by atoms with E-state index in [2.05, 4.69) is 15.3 Å². The van der Waals surface area contributed by atoms with Crippen molar-refractivity contribution in [3.05, 3.63) is 44.8 Å². The maximum absolute atomic E-state index is 6.17. The van der Waals surface area contributed by atoms with Gasteiger partial charge in [-0.1, -0.05) is 23.2 Å². The Hall–Kier alpha value is -0.810. The Morgan fingerprint density at radius 2 is 1.96 bits per heavy atom. The van der Waals surface area contributed by atoms with Crippen LogP contribution in [0.3, 0.4) is 0 Å². The number of halogens is 2. The van der Waals surface area contributed by atoms with Gasteiger partial charge in [-0.15, -0.1) is 11.3 Å². The third kappa shape index (κ3) is 3.36. The average Bonchev–Trinajstić information content (AvgIpc) is 3.11. The fourth-order valence-corrected chi connectivity index (χ4v) is 4.72. The summed E-state index contributed by atoms with van der Waals surface area (Å²) in [6.45, 7) is 0.979. The second kappa shape index (κ2) is 6.60. The van der Waals surface area contributed by atoms with Gasteiger partial charge in [0.05, 0.1) is 16.6 Å². The van der Waals surface area contributed by atoms with Gasteiger partial charge in [0.15, 0.2) is 0 Å². The lowest BCUT2D eigenvalue weighted by atomic mass is 9.99. The summed E-state index contributed by atoms with van der Waals surface area (Å²) in [5.74, 6) is 0.817. The van der Waals surface area contributed by atoms with E-state index in [1.165, 1.54) is 17.8 Å². The molecule has 0 spiro atoms. The summed E-state index contributed by atoms with van der Waals surface area (Å²) in [6.07, 6.45) is 6.82. The van der Waals surface area contributed by atoms with Crippen molar-refractivity contribution in [2.45, 2.75) is 50.4 Å². The van der Waals surface area contributed by atoms with E-state index in [0.29, 0.717) is 22.1 Å². The third-order valence-electron chi connectivity index (χ3n) is 4.84. The summed E-state index contributed by atoms with van der Waals surface area (Å²) >= 11 is 13.8. The molecule has 2 aliphatic heterocycles. The van der Waals surface area contributed by atoms with Crippen LogP contribution in [0.5, 0.6) is 5.75 Å². The Morgan fingerprint density at radius 3 is 2.61 bits per heavy atom. The lowest BCUT2D eigenvalue weighted by Crippen LogP contribution is -2.45. The second-order valence-corrected chi connectivity index (χ2v) is 8.06. The van der Waals surface area contributed by atoms with Crippen molar-refractivity contribution in [1.29, 1.82) is 0 Å². The minimum atomic E-state index is 0.261. The molecule has 2 aromatic rings. The molecule has 2 bridgehead atoms. The highest BCUT2D eigenvalue weighted by molar-refractivity contribution is 7.09. The van der Waals surface area contributed by atoms with E-state index in [1.54, 1.807) is 17.4 Å². The molecule has 4 rings (SSSR count). The minimum absolute atomic E-state index is 0.261. The first-order chi connectivity index (χ1) is 11.2. The normalized spacial score (nSPS) is 27.3. The number of nitrogens with zero attached hydrogens (tertiary/aromatic N) is 2. The number of fused-ring (bicyclic) bond motifs is 2. The predicted molar refractivity (Wildman–Crippen MR) is 94.6 cm³/mol. The summed E-state index contributed by atoms with van der Waals surface area (Å²) < 4.78 is 6.17. The van der Waals surface area contributed by atoms with Gasteiger partial charge < -0.3 is 4.74 Å². The zero-order chi connectivity index (χ0) is 15.8. The number of ether oxygens (including phenoxy) is 1. The van der Waals surface area contributed by atoms with E-state index in [4.69, 9.17) is 27.9 Å². The van der Waals surface area contributed by atoms with Crippen LogP contribution in [0.2, 0.25) is 10.0 Å². The number of benzene rings is 1. The molecule has 0 N–H and O–H groups in total. The standard InChI is InChI=1S/C17H18Cl2N2OS/c18-15-4-3-13(9-16(15)19)22-14-7-11-1-2-12(8-14)21(11)10-17-20-5-6-23-17/h3-6,9,11-12,14H,1-2,7-8,10H2. The van der Waals surface area contributed by atoms with Gasteiger partial charge in [-0.3, -0.25) is 4.90 Å². The Balaban J connectivity index is 1.41. The number of hydrogen-bond acceptors (Lipinski definition) is 4. The maximum atomic E-state index is 6.17. The van der Waals surface area contributed by atoms with Crippen LogP contribution in [0, 0.1) is 0 Å². The molecule has 2 aliphatic rings. The van der Waals surface area contributed by atoms with E-state index in [0.717, 1.165) is 25.1 Å². The Labute approximate surface area is 150 Å². The van der Waals surface area contributed by atoms with Crippen molar-refractivity contribution in [2.24, 2.45) is 0 Å². The van der Waals surface area contributed by atoms with Crippen molar-refractivity contribution >= 4 is 34.5 Å². The summed E-state index contributed by atoms with van der Waals surface area (Å²) in [5.41, 5.74) is 0. The zero-order valence-electron chi connectivity index (χ0n) is 12.6. The van der Waals surface area contributed by atoms with Gasteiger partial charge in [0, 0.05) is 29.7 Å². The third-order valence-corrected chi connectivity index (χ3v) is 6.34. The van der Waals surface area contributed by atoms with Crippen molar-refractivity contribution in [3.63, 3.8) is 0 Å². The van der Waals surface area contributed by atoms with Crippen LogP contribution in [-0.4, -0.2) is 28.1 Å². The van der Waals surface area contributed by atoms with Crippen LogP contribution in [-0.2, 0) is 6.54 Å².